The van der Waals surface area contributed by atoms with E-state index in [1.165, 1.54) is 19.2 Å². The quantitative estimate of drug-likeness (QED) is 0.633. The number of carbonyl (C=O) groups excluding carboxylic acids is 1. The number of pyridine rings is 1. The summed E-state index contributed by atoms with van der Waals surface area (Å²) in [5.41, 5.74) is 1.19. The molecule has 0 unspecified atom stereocenters. The first-order valence-electron chi connectivity index (χ1n) is 7.53. The summed E-state index contributed by atoms with van der Waals surface area (Å²) in [6.45, 7) is 6.44. The van der Waals surface area contributed by atoms with Gasteiger partial charge in [0.1, 0.15) is 17.6 Å². The van der Waals surface area contributed by atoms with E-state index in [-0.39, 0.29) is 23.5 Å². The monoisotopic (exact) mass is 342 g/mol. The van der Waals surface area contributed by atoms with Gasteiger partial charge in [0.25, 0.3) is 0 Å². The van der Waals surface area contributed by atoms with Gasteiger partial charge in [-0.1, -0.05) is 37.0 Å². The smallest absolute Gasteiger partial charge is 0.339 e. The molecule has 0 atom stereocenters. The molecule has 0 aliphatic heterocycles. The van der Waals surface area contributed by atoms with E-state index in [9.17, 15) is 9.18 Å². The van der Waals surface area contributed by atoms with Crippen LogP contribution in [0.2, 0.25) is 19.6 Å². The zero-order valence-electron chi connectivity index (χ0n) is 14.2. The number of nitrogens with zero attached hydrogens (tertiary/aromatic N) is 2. The van der Waals surface area contributed by atoms with Crippen molar-refractivity contribution in [2.75, 3.05) is 7.11 Å². The lowest BCUT2D eigenvalue weighted by molar-refractivity contribution is 0.0599. The molecule has 0 amide bonds. The third-order valence-corrected chi connectivity index (χ3v) is 5.81. The van der Waals surface area contributed by atoms with Gasteiger partial charge < -0.3 is 4.74 Å². The molecule has 1 aromatic carbocycles. The summed E-state index contributed by atoms with van der Waals surface area (Å²) < 4.78 is 19.2. The summed E-state index contributed by atoms with van der Waals surface area (Å²) in [7, 11) is -0.330. The van der Waals surface area contributed by atoms with Crippen molar-refractivity contribution in [3.05, 3.63) is 58.7 Å². The van der Waals surface area contributed by atoms with E-state index in [1.807, 2.05) is 12.1 Å². The number of esters is 1. The Kier molecular flexibility index (Phi) is 5.15. The van der Waals surface area contributed by atoms with Crippen LogP contribution in [0.15, 0.2) is 30.3 Å². The van der Waals surface area contributed by atoms with Gasteiger partial charge in [-0.15, -0.1) is 0 Å². The van der Waals surface area contributed by atoms with Crippen molar-refractivity contribution < 1.29 is 13.9 Å². The van der Waals surface area contributed by atoms with Crippen LogP contribution in [0.1, 0.15) is 27.3 Å². The minimum absolute atomic E-state index is 0.123. The van der Waals surface area contributed by atoms with Crippen molar-refractivity contribution in [3.63, 3.8) is 0 Å². The Balaban J connectivity index is 2.44. The lowest BCUT2D eigenvalue weighted by atomic mass is 10.0. The summed E-state index contributed by atoms with van der Waals surface area (Å²) in [4.78, 5) is 16.0. The molecule has 24 heavy (non-hydrogen) atoms. The van der Waals surface area contributed by atoms with Crippen LogP contribution < -0.4 is 5.19 Å². The number of hydrogen-bond acceptors (Lipinski definition) is 4. The highest BCUT2D eigenvalue weighted by molar-refractivity contribution is 6.88. The summed E-state index contributed by atoms with van der Waals surface area (Å²) in [5, 5.41) is 10.0. The maximum Gasteiger partial charge on any atom is 0.339 e. The van der Waals surface area contributed by atoms with E-state index in [2.05, 4.69) is 24.6 Å². The average Bonchev–Trinajstić information content (AvgIpc) is 2.54. The van der Waals surface area contributed by atoms with Gasteiger partial charge in [-0.2, -0.15) is 5.26 Å². The molecule has 0 radical (unpaired) electrons. The molecule has 0 aliphatic carbocycles. The fraction of sp³-hybridized carbons (Fsp3) is 0.278. The van der Waals surface area contributed by atoms with Crippen molar-refractivity contribution in [3.8, 4) is 6.07 Å². The predicted octanol–water partition coefficient (Wildman–Crippen LogP) is 3.01. The van der Waals surface area contributed by atoms with Crippen LogP contribution >= 0.6 is 0 Å². The first-order chi connectivity index (χ1) is 11.3. The van der Waals surface area contributed by atoms with Gasteiger partial charge in [-0.3, -0.25) is 0 Å². The van der Waals surface area contributed by atoms with Crippen LogP contribution in [0.4, 0.5) is 4.39 Å². The number of aromatic nitrogens is 1. The summed E-state index contributed by atoms with van der Waals surface area (Å²) >= 11 is 0. The largest absolute Gasteiger partial charge is 0.465 e. The first-order valence-corrected chi connectivity index (χ1v) is 11.0. The van der Waals surface area contributed by atoms with E-state index in [0.717, 1.165) is 5.19 Å². The molecule has 0 saturated heterocycles. The molecule has 124 valence electrons. The Labute approximate surface area is 141 Å². The SMILES string of the molecule is COC(=O)c1ccc(C#N)nc1Cc1ccc([Si](C)(C)C)cc1F. The Morgan fingerprint density at radius 2 is 2.00 bits per heavy atom. The lowest BCUT2D eigenvalue weighted by Gasteiger charge is -2.17. The third kappa shape index (κ3) is 3.87. The topological polar surface area (TPSA) is 63.0 Å². The number of methoxy groups -OCH3 is 1. The zero-order valence-corrected chi connectivity index (χ0v) is 15.2. The fourth-order valence-corrected chi connectivity index (χ4v) is 3.47. The standard InChI is InChI=1S/C18H19FN2O2Si/c1-23-18(22)15-8-6-13(11-20)21-17(15)9-12-5-7-14(10-16(12)19)24(2,3)4/h5-8,10H,9H2,1-4H3. The van der Waals surface area contributed by atoms with Gasteiger partial charge in [0.15, 0.2) is 0 Å². The molecule has 0 saturated carbocycles. The minimum atomic E-state index is -1.60. The third-order valence-electron chi connectivity index (χ3n) is 3.77. The molecule has 0 spiro atoms. The zero-order chi connectivity index (χ0) is 17.9. The van der Waals surface area contributed by atoms with Gasteiger partial charge in [0.2, 0.25) is 0 Å². The van der Waals surface area contributed by atoms with Gasteiger partial charge >= 0.3 is 5.97 Å². The Morgan fingerprint density at radius 3 is 2.54 bits per heavy atom. The molecular formula is C18H19FN2O2Si. The molecule has 4 nitrogen and oxygen atoms in total. The highest BCUT2D eigenvalue weighted by Gasteiger charge is 2.20. The molecule has 0 fully saturated rings. The summed E-state index contributed by atoms with van der Waals surface area (Å²) in [6, 6.07) is 10.1. The molecule has 1 heterocycles. The summed E-state index contributed by atoms with van der Waals surface area (Å²) in [5.74, 6) is -0.879. The first kappa shape index (κ1) is 17.8. The van der Waals surface area contributed by atoms with E-state index in [0.29, 0.717) is 11.3 Å². The molecule has 0 N–H and O–H groups in total. The number of ether oxygens (including phenoxy) is 1. The van der Waals surface area contributed by atoms with Gasteiger partial charge in [-0.25, -0.2) is 14.2 Å². The van der Waals surface area contributed by atoms with E-state index in [4.69, 9.17) is 10.00 Å². The molecular weight excluding hydrogens is 323 g/mol. The second-order valence-electron chi connectivity index (χ2n) is 6.53. The van der Waals surface area contributed by atoms with E-state index >= 15 is 0 Å². The average molecular weight is 342 g/mol. The number of rotatable bonds is 4. The lowest BCUT2D eigenvalue weighted by Crippen LogP contribution is -2.37. The summed E-state index contributed by atoms with van der Waals surface area (Å²) in [6.07, 6.45) is 0.123. The van der Waals surface area contributed by atoms with Crippen molar-refractivity contribution in [2.24, 2.45) is 0 Å². The van der Waals surface area contributed by atoms with Gasteiger partial charge in [0.05, 0.1) is 26.4 Å². The van der Waals surface area contributed by atoms with E-state index in [1.54, 1.807) is 12.1 Å². The van der Waals surface area contributed by atoms with Gasteiger partial charge in [-0.05, 0) is 23.8 Å². The normalized spacial score (nSPS) is 11.0. The number of nitriles is 1. The molecule has 0 aliphatic rings. The van der Waals surface area contributed by atoms with Gasteiger partial charge in [0, 0.05) is 6.42 Å². The predicted molar refractivity (Wildman–Crippen MR) is 92.5 cm³/mol. The number of benzene rings is 1. The fourth-order valence-electron chi connectivity index (χ4n) is 2.33. The maximum absolute atomic E-state index is 14.5. The minimum Gasteiger partial charge on any atom is -0.465 e. The van der Waals surface area contributed by atoms with Crippen LogP contribution in [-0.4, -0.2) is 26.1 Å². The Hall–Kier alpha value is -2.52. The van der Waals surface area contributed by atoms with Crippen LogP contribution in [0.25, 0.3) is 0 Å². The molecule has 6 heteroatoms. The highest BCUT2D eigenvalue weighted by Crippen LogP contribution is 2.17. The Bertz CT molecular complexity index is 823. The van der Waals surface area contributed by atoms with Crippen molar-refractivity contribution in [1.82, 2.24) is 4.98 Å². The molecule has 1 aromatic heterocycles. The molecule has 2 aromatic rings. The Morgan fingerprint density at radius 1 is 1.29 bits per heavy atom. The molecule has 2 rings (SSSR count). The second-order valence-corrected chi connectivity index (χ2v) is 11.6. The number of hydrogen-bond donors (Lipinski definition) is 0. The van der Waals surface area contributed by atoms with Crippen LogP contribution in [-0.2, 0) is 11.2 Å². The van der Waals surface area contributed by atoms with Crippen LogP contribution in [0, 0.1) is 17.1 Å². The van der Waals surface area contributed by atoms with E-state index < -0.39 is 14.0 Å². The molecule has 0 bridgehead atoms. The van der Waals surface area contributed by atoms with Crippen LogP contribution in [0.3, 0.4) is 0 Å². The van der Waals surface area contributed by atoms with Crippen molar-refractivity contribution >= 4 is 19.2 Å². The number of halogens is 1. The number of carbonyl (C=O) groups is 1. The van der Waals surface area contributed by atoms with Crippen LogP contribution in [0.5, 0.6) is 0 Å². The maximum atomic E-state index is 14.5. The second kappa shape index (κ2) is 6.93. The van der Waals surface area contributed by atoms with Crippen molar-refractivity contribution in [2.45, 2.75) is 26.1 Å². The highest BCUT2D eigenvalue weighted by atomic mass is 28.3. The van der Waals surface area contributed by atoms with Crippen molar-refractivity contribution in [1.29, 1.82) is 5.26 Å².